The van der Waals surface area contributed by atoms with Gasteiger partial charge in [-0.15, -0.1) is 0 Å². The first-order chi connectivity index (χ1) is 14.8. The fourth-order valence-corrected chi connectivity index (χ4v) is 4.18. The van der Waals surface area contributed by atoms with E-state index >= 15 is 0 Å². The highest BCUT2D eigenvalue weighted by Crippen LogP contribution is 2.32. The number of amides is 1. The molecule has 0 N–H and O–H groups in total. The highest BCUT2D eigenvalue weighted by Gasteiger charge is 2.36. The van der Waals surface area contributed by atoms with Crippen molar-refractivity contribution in [2.24, 2.45) is 0 Å². The molecule has 1 amide bonds. The van der Waals surface area contributed by atoms with Gasteiger partial charge in [-0.3, -0.25) is 9.69 Å². The van der Waals surface area contributed by atoms with Gasteiger partial charge >= 0.3 is 6.18 Å². The van der Waals surface area contributed by atoms with Gasteiger partial charge in [0.2, 0.25) is 5.13 Å². The summed E-state index contributed by atoms with van der Waals surface area (Å²) in [5.41, 5.74) is -0.931. The maximum absolute atomic E-state index is 14.3. The van der Waals surface area contributed by atoms with Gasteiger partial charge in [-0.05, 0) is 18.2 Å². The summed E-state index contributed by atoms with van der Waals surface area (Å²) < 4.78 is 57.2. The molecule has 0 radical (unpaired) electrons. The van der Waals surface area contributed by atoms with Crippen LogP contribution < -0.4 is 4.90 Å². The lowest BCUT2D eigenvalue weighted by Gasteiger charge is -2.37. The number of alkyl halides is 3. The second-order valence-electron chi connectivity index (χ2n) is 7.15. The van der Waals surface area contributed by atoms with Crippen LogP contribution >= 0.6 is 11.5 Å². The summed E-state index contributed by atoms with van der Waals surface area (Å²) in [5, 5.41) is 0.796. The number of benzene rings is 1. The summed E-state index contributed by atoms with van der Waals surface area (Å²) in [5.74, 6) is -2.24. The van der Waals surface area contributed by atoms with E-state index in [0.717, 1.165) is 23.0 Å². The Kier molecular flexibility index (Phi) is 6.05. The average Bonchev–Trinajstić information content (AvgIpc) is 3.28. The number of rotatable bonds is 4. The Morgan fingerprint density at radius 2 is 1.94 bits per heavy atom. The van der Waals surface area contributed by atoms with Crippen LogP contribution in [-0.4, -0.2) is 64.3 Å². The van der Waals surface area contributed by atoms with Crippen molar-refractivity contribution in [1.29, 1.82) is 0 Å². The molecule has 2 aliphatic heterocycles. The van der Waals surface area contributed by atoms with Gasteiger partial charge in [0, 0.05) is 56.5 Å². The zero-order chi connectivity index (χ0) is 22.0. The molecule has 31 heavy (non-hydrogen) atoms. The smallest absolute Gasteiger partial charge is 0.336 e. The Balaban J connectivity index is 1.40. The van der Waals surface area contributed by atoms with E-state index in [1.54, 1.807) is 0 Å². The van der Waals surface area contributed by atoms with Crippen LogP contribution in [0.1, 0.15) is 15.9 Å². The Labute approximate surface area is 180 Å². The van der Waals surface area contributed by atoms with Crippen LogP contribution in [0.15, 0.2) is 48.5 Å². The monoisotopic (exact) mass is 453 g/mol. The molecule has 0 atom stereocenters. The lowest BCUT2D eigenvalue weighted by atomic mass is 10.1. The van der Waals surface area contributed by atoms with Crippen molar-refractivity contribution in [3.05, 3.63) is 65.4 Å². The topological polar surface area (TPSA) is 52.6 Å². The first kappa shape index (κ1) is 21.4. The quantitative estimate of drug-likeness (QED) is 0.665. The van der Waals surface area contributed by atoms with Crippen LogP contribution in [0.5, 0.6) is 0 Å². The first-order valence-electron chi connectivity index (χ1n) is 9.62. The van der Waals surface area contributed by atoms with Gasteiger partial charge in [0.05, 0.1) is 11.1 Å². The zero-order valence-electron chi connectivity index (χ0n) is 16.3. The normalized spacial score (nSPS) is 17.7. The first-order valence-corrected chi connectivity index (χ1v) is 10.4. The Morgan fingerprint density at radius 1 is 1.16 bits per heavy atom. The van der Waals surface area contributed by atoms with Gasteiger partial charge in [0.25, 0.3) is 5.91 Å². The number of allylic oxidation sites excluding steroid dienone is 2. The summed E-state index contributed by atoms with van der Waals surface area (Å²) in [6.45, 7) is 2.97. The standard InChI is InChI=1S/C20H19F4N5OS/c21-17-15(5-3-6-16(17)20(22,23)24)18(30)28-10-8-27(9-11-28)12-14-4-1-2-7-29(14)19-25-13-26-31-19/h1-6,13H,7-12H2. The van der Waals surface area contributed by atoms with Gasteiger partial charge in [-0.2, -0.15) is 17.5 Å². The lowest BCUT2D eigenvalue weighted by molar-refractivity contribution is -0.140. The van der Waals surface area contributed by atoms with Gasteiger partial charge < -0.3 is 9.80 Å². The number of aromatic nitrogens is 2. The molecule has 2 aromatic rings. The summed E-state index contributed by atoms with van der Waals surface area (Å²) in [6, 6.07) is 2.79. The maximum atomic E-state index is 14.3. The summed E-state index contributed by atoms with van der Waals surface area (Å²) in [4.78, 5) is 22.5. The molecule has 0 aliphatic carbocycles. The van der Waals surface area contributed by atoms with Crippen molar-refractivity contribution in [1.82, 2.24) is 19.2 Å². The molecule has 164 valence electrons. The van der Waals surface area contributed by atoms with Crippen molar-refractivity contribution in [2.45, 2.75) is 6.18 Å². The number of nitrogens with zero attached hydrogens (tertiary/aromatic N) is 5. The van der Waals surface area contributed by atoms with E-state index in [1.807, 2.05) is 18.2 Å². The molecule has 6 nitrogen and oxygen atoms in total. The number of carbonyl (C=O) groups is 1. The van der Waals surface area contributed by atoms with Crippen LogP contribution in [0.25, 0.3) is 0 Å². The molecule has 0 unspecified atom stereocenters. The lowest BCUT2D eigenvalue weighted by Crippen LogP contribution is -2.50. The fraction of sp³-hybridized carbons (Fsp3) is 0.350. The summed E-state index contributed by atoms with van der Waals surface area (Å²) in [7, 11) is 0. The van der Waals surface area contributed by atoms with Gasteiger partial charge in [0.15, 0.2) is 0 Å². The van der Waals surface area contributed by atoms with E-state index in [1.165, 1.54) is 22.8 Å². The third kappa shape index (κ3) is 4.62. The van der Waals surface area contributed by atoms with E-state index in [9.17, 15) is 22.4 Å². The molecule has 1 fully saturated rings. The van der Waals surface area contributed by atoms with Crippen molar-refractivity contribution in [3.63, 3.8) is 0 Å². The minimum absolute atomic E-state index is 0.302. The molecule has 1 aromatic heterocycles. The third-order valence-corrected chi connectivity index (χ3v) is 5.91. The molecule has 0 saturated carbocycles. The predicted octanol–water partition coefficient (Wildman–Crippen LogP) is 3.41. The van der Waals surface area contributed by atoms with E-state index in [2.05, 4.69) is 19.2 Å². The van der Waals surface area contributed by atoms with E-state index < -0.39 is 29.0 Å². The molecule has 1 saturated heterocycles. The average molecular weight is 453 g/mol. The van der Waals surface area contributed by atoms with Gasteiger partial charge in [-0.25, -0.2) is 9.37 Å². The highest BCUT2D eigenvalue weighted by molar-refractivity contribution is 7.09. The minimum Gasteiger partial charge on any atom is -0.336 e. The molecular weight excluding hydrogens is 434 g/mol. The number of piperazine rings is 1. The van der Waals surface area contributed by atoms with Crippen LogP contribution in [0.2, 0.25) is 0 Å². The van der Waals surface area contributed by atoms with Crippen LogP contribution in [-0.2, 0) is 6.18 Å². The Morgan fingerprint density at radius 3 is 2.61 bits per heavy atom. The van der Waals surface area contributed by atoms with E-state index in [0.29, 0.717) is 45.3 Å². The Bertz CT molecular complexity index is 997. The number of carbonyl (C=O) groups excluding carboxylic acids is 1. The SMILES string of the molecule is O=C(c1cccc(C(F)(F)F)c1F)N1CCN(CC2=CC=CCN2c2ncns2)CC1. The van der Waals surface area contributed by atoms with Crippen molar-refractivity contribution < 1.29 is 22.4 Å². The van der Waals surface area contributed by atoms with E-state index in [4.69, 9.17) is 0 Å². The molecule has 4 rings (SSSR count). The largest absolute Gasteiger partial charge is 0.419 e. The summed E-state index contributed by atoms with van der Waals surface area (Å²) in [6.07, 6.45) is 2.65. The molecule has 0 bridgehead atoms. The molecule has 3 heterocycles. The molecular formula is C20H19F4N5OS. The van der Waals surface area contributed by atoms with Crippen molar-refractivity contribution in [3.8, 4) is 0 Å². The van der Waals surface area contributed by atoms with Gasteiger partial charge in [-0.1, -0.05) is 18.2 Å². The molecule has 11 heteroatoms. The zero-order valence-corrected chi connectivity index (χ0v) is 17.2. The molecule has 1 aromatic carbocycles. The second kappa shape index (κ2) is 8.75. The second-order valence-corrected chi connectivity index (χ2v) is 7.91. The molecule has 2 aliphatic rings. The summed E-state index contributed by atoms with van der Waals surface area (Å²) >= 11 is 1.30. The van der Waals surface area contributed by atoms with Crippen molar-refractivity contribution in [2.75, 3.05) is 44.2 Å². The predicted molar refractivity (Wildman–Crippen MR) is 108 cm³/mol. The minimum atomic E-state index is -4.85. The van der Waals surface area contributed by atoms with Crippen LogP contribution in [0, 0.1) is 5.82 Å². The Hall–Kier alpha value is -2.79. The third-order valence-electron chi connectivity index (χ3n) is 5.22. The van der Waals surface area contributed by atoms with E-state index in [-0.39, 0.29) is 0 Å². The van der Waals surface area contributed by atoms with Crippen molar-refractivity contribution >= 4 is 22.6 Å². The number of halogens is 4. The highest BCUT2D eigenvalue weighted by atomic mass is 32.1. The maximum Gasteiger partial charge on any atom is 0.419 e. The van der Waals surface area contributed by atoms with Crippen LogP contribution in [0.3, 0.4) is 0 Å². The fourth-order valence-electron chi connectivity index (χ4n) is 3.60. The molecule has 0 spiro atoms. The van der Waals surface area contributed by atoms with Gasteiger partial charge in [0.1, 0.15) is 12.1 Å². The number of hydrogen-bond acceptors (Lipinski definition) is 6. The van der Waals surface area contributed by atoms with Crippen LogP contribution in [0.4, 0.5) is 22.7 Å². The number of anilines is 1. The number of hydrogen-bond donors (Lipinski definition) is 0.